The maximum Gasteiger partial charge on any atom is 0.257 e. The minimum absolute atomic E-state index is 0.132. The SMILES string of the molecule is CCOc1cc(F)c(Cn2nc(-c3nc4c(c(=O)[nH]3)COC4)c3ccccc32)c(F)c1. The van der Waals surface area contributed by atoms with E-state index in [0.29, 0.717) is 34.5 Å². The lowest BCUT2D eigenvalue weighted by atomic mass is 10.1. The molecule has 0 aliphatic carbocycles. The molecule has 0 amide bonds. The zero-order valence-corrected chi connectivity index (χ0v) is 16.6. The fourth-order valence-electron chi connectivity index (χ4n) is 3.73. The standard InChI is InChI=1S/C22H18F2N4O3/c1-2-31-12-7-16(23)14(17(24)8-12)9-28-19-6-4-3-5-13(19)20(27-28)21-25-18-11-30-10-15(18)22(29)26-21/h3-8H,2,9-11H2,1H3,(H,25,26,29). The Balaban J connectivity index is 1.61. The highest BCUT2D eigenvalue weighted by atomic mass is 19.1. The fourth-order valence-corrected chi connectivity index (χ4v) is 3.73. The van der Waals surface area contributed by atoms with Gasteiger partial charge in [-0.15, -0.1) is 0 Å². The molecule has 0 bridgehead atoms. The summed E-state index contributed by atoms with van der Waals surface area (Å²) in [5.74, 6) is -1.01. The molecule has 9 heteroatoms. The fraction of sp³-hybridized carbons (Fsp3) is 0.227. The Bertz CT molecular complexity index is 1340. The Hall–Kier alpha value is -3.59. The van der Waals surface area contributed by atoms with Gasteiger partial charge in [-0.1, -0.05) is 18.2 Å². The number of hydrogen-bond donors (Lipinski definition) is 1. The molecule has 0 saturated heterocycles. The van der Waals surface area contributed by atoms with Crippen LogP contribution in [-0.2, 0) is 24.5 Å². The van der Waals surface area contributed by atoms with E-state index in [4.69, 9.17) is 9.47 Å². The van der Waals surface area contributed by atoms with Gasteiger partial charge in [0.05, 0.1) is 43.1 Å². The molecular formula is C22H18F2N4O3. The monoisotopic (exact) mass is 424 g/mol. The molecule has 4 aromatic rings. The summed E-state index contributed by atoms with van der Waals surface area (Å²) >= 11 is 0. The first kappa shape index (κ1) is 19.4. The van der Waals surface area contributed by atoms with Gasteiger partial charge in [-0.25, -0.2) is 13.8 Å². The van der Waals surface area contributed by atoms with Gasteiger partial charge in [-0.2, -0.15) is 5.10 Å². The highest BCUT2D eigenvalue weighted by Crippen LogP contribution is 2.28. The third-order valence-corrected chi connectivity index (χ3v) is 5.20. The summed E-state index contributed by atoms with van der Waals surface area (Å²) in [7, 11) is 0. The minimum atomic E-state index is -0.717. The smallest absolute Gasteiger partial charge is 0.257 e. The number of ether oxygens (including phenoxy) is 2. The molecule has 0 unspecified atom stereocenters. The molecule has 0 fully saturated rings. The summed E-state index contributed by atoms with van der Waals surface area (Å²) in [6, 6.07) is 9.57. The van der Waals surface area contributed by atoms with Crippen LogP contribution in [0, 0.1) is 11.6 Å². The number of para-hydroxylation sites is 1. The number of aromatic amines is 1. The van der Waals surface area contributed by atoms with Gasteiger partial charge in [0.25, 0.3) is 5.56 Å². The van der Waals surface area contributed by atoms with Crippen LogP contribution in [0.25, 0.3) is 22.4 Å². The first-order valence-corrected chi connectivity index (χ1v) is 9.81. The molecular weight excluding hydrogens is 406 g/mol. The van der Waals surface area contributed by atoms with E-state index in [2.05, 4.69) is 15.1 Å². The van der Waals surface area contributed by atoms with E-state index in [1.165, 1.54) is 4.68 Å². The first-order valence-electron chi connectivity index (χ1n) is 9.81. The second-order valence-electron chi connectivity index (χ2n) is 7.15. The average molecular weight is 424 g/mol. The van der Waals surface area contributed by atoms with Crippen molar-refractivity contribution in [3.8, 4) is 17.3 Å². The van der Waals surface area contributed by atoms with E-state index in [0.717, 1.165) is 12.1 Å². The van der Waals surface area contributed by atoms with Gasteiger partial charge in [0.2, 0.25) is 0 Å². The molecule has 0 saturated carbocycles. The highest BCUT2D eigenvalue weighted by Gasteiger charge is 2.22. The zero-order valence-electron chi connectivity index (χ0n) is 16.6. The molecule has 31 heavy (non-hydrogen) atoms. The molecule has 158 valence electrons. The van der Waals surface area contributed by atoms with E-state index in [9.17, 15) is 13.6 Å². The second kappa shape index (κ2) is 7.59. The Morgan fingerprint density at radius 3 is 2.74 bits per heavy atom. The van der Waals surface area contributed by atoms with Crippen molar-refractivity contribution in [2.45, 2.75) is 26.7 Å². The Kier molecular flexibility index (Phi) is 4.74. The number of H-pyrrole nitrogens is 1. The zero-order chi connectivity index (χ0) is 21.5. The average Bonchev–Trinajstić information content (AvgIpc) is 3.36. The van der Waals surface area contributed by atoms with Crippen molar-refractivity contribution in [1.29, 1.82) is 0 Å². The third kappa shape index (κ3) is 3.36. The molecule has 2 aromatic heterocycles. The summed E-state index contributed by atoms with van der Waals surface area (Å²) in [5, 5.41) is 5.25. The van der Waals surface area contributed by atoms with Gasteiger partial charge in [0.15, 0.2) is 5.82 Å². The van der Waals surface area contributed by atoms with E-state index in [-0.39, 0.29) is 42.5 Å². The van der Waals surface area contributed by atoms with Crippen LogP contribution in [0.4, 0.5) is 8.78 Å². The molecule has 2 aromatic carbocycles. The largest absolute Gasteiger partial charge is 0.494 e. The highest BCUT2D eigenvalue weighted by molar-refractivity contribution is 5.91. The molecule has 1 N–H and O–H groups in total. The first-order chi connectivity index (χ1) is 15.0. The minimum Gasteiger partial charge on any atom is -0.494 e. The molecule has 3 heterocycles. The quantitative estimate of drug-likeness (QED) is 0.530. The van der Waals surface area contributed by atoms with Gasteiger partial charge in [0, 0.05) is 23.1 Å². The number of nitrogens with one attached hydrogen (secondary N) is 1. The lowest BCUT2D eigenvalue weighted by Gasteiger charge is -2.09. The molecule has 0 spiro atoms. The van der Waals surface area contributed by atoms with Gasteiger partial charge in [-0.05, 0) is 13.0 Å². The molecule has 0 radical (unpaired) electrons. The van der Waals surface area contributed by atoms with E-state index in [1.54, 1.807) is 13.0 Å². The van der Waals surface area contributed by atoms with Crippen molar-refractivity contribution < 1.29 is 18.3 Å². The van der Waals surface area contributed by atoms with Crippen LogP contribution in [0.15, 0.2) is 41.2 Å². The van der Waals surface area contributed by atoms with E-state index < -0.39 is 11.6 Å². The number of halogens is 2. The molecule has 7 nitrogen and oxygen atoms in total. The van der Waals surface area contributed by atoms with Crippen LogP contribution in [-0.4, -0.2) is 26.4 Å². The second-order valence-corrected chi connectivity index (χ2v) is 7.15. The summed E-state index contributed by atoms with van der Waals surface area (Å²) in [4.78, 5) is 19.6. The molecule has 0 atom stereocenters. The van der Waals surface area contributed by atoms with Crippen molar-refractivity contribution in [3.05, 3.63) is 75.2 Å². The van der Waals surface area contributed by atoms with E-state index >= 15 is 0 Å². The van der Waals surface area contributed by atoms with Gasteiger partial charge >= 0.3 is 0 Å². The van der Waals surface area contributed by atoms with Crippen LogP contribution in [0.1, 0.15) is 23.7 Å². The predicted octanol–water partition coefficient (Wildman–Crippen LogP) is 3.54. The number of nitrogens with zero attached hydrogens (tertiary/aromatic N) is 3. The lowest BCUT2D eigenvalue weighted by molar-refractivity contribution is 0.133. The number of rotatable bonds is 5. The van der Waals surface area contributed by atoms with Crippen molar-refractivity contribution in [1.82, 2.24) is 19.7 Å². The van der Waals surface area contributed by atoms with Gasteiger partial charge in [0.1, 0.15) is 23.1 Å². The Morgan fingerprint density at radius 1 is 1.19 bits per heavy atom. The van der Waals surface area contributed by atoms with Crippen molar-refractivity contribution >= 4 is 10.9 Å². The molecule has 5 rings (SSSR count). The number of hydrogen-bond acceptors (Lipinski definition) is 5. The molecule has 1 aliphatic rings. The maximum absolute atomic E-state index is 14.6. The third-order valence-electron chi connectivity index (χ3n) is 5.20. The van der Waals surface area contributed by atoms with Crippen molar-refractivity contribution in [3.63, 3.8) is 0 Å². The van der Waals surface area contributed by atoms with Gasteiger partial charge < -0.3 is 14.5 Å². The predicted molar refractivity (Wildman–Crippen MR) is 109 cm³/mol. The number of fused-ring (bicyclic) bond motifs is 2. The van der Waals surface area contributed by atoms with Crippen LogP contribution in [0.2, 0.25) is 0 Å². The topological polar surface area (TPSA) is 82.0 Å². The number of benzene rings is 2. The lowest BCUT2D eigenvalue weighted by Crippen LogP contribution is -2.15. The summed E-state index contributed by atoms with van der Waals surface area (Å²) in [5.41, 5.74) is 1.75. The van der Waals surface area contributed by atoms with Gasteiger partial charge in [-0.3, -0.25) is 9.48 Å². The van der Waals surface area contributed by atoms with Crippen LogP contribution >= 0.6 is 0 Å². The van der Waals surface area contributed by atoms with E-state index in [1.807, 2.05) is 18.2 Å². The Labute approximate surface area is 175 Å². The molecule has 1 aliphatic heterocycles. The van der Waals surface area contributed by atoms with Crippen molar-refractivity contribution in [2.24, 2.45) is 0 Å². The maximum atomic E-state index is 14.6. The number of aromatic nitrogens is 4. The van der Waals surface area contributed by atoms with Crippen LogP contribution in [0.5, 0.6) is 5.75 Å². The summed E-state index contributed by atoms with van der Waals surface area (Å²) in [6.07, 6.45) is 0. The summed E-state index contributed by atoms with van der Waals surface area (Å²) < 4.78 is 41.2. The normalized spacial score (nSPS) is 13.0. The van der Waals surface area contributed by atoms with Crippen molar-refractivity contribution in [2.75, 3.05) is 6.61 Å². The van der Waals surface area contributed by atoms with Crippen LogP contribution < -0.4 is 10.3 Å². The summed E-state index contributed by atoms with van der Waals surface area (Å²) in [6.45, 7) is 2.40. The Morgan fingerprint density at radius 2 is 1.97 bits per heavy atom. The van der Waals surface area contributed by atoms with Crippen LogP contribution in [0.3, 0.4) is 0 Å².